The highest BCUT2D eigenvalue weighted by atomic mass is 16.4. The predicted octanol–water partition coefficient (Wildman–Crippen LogP) is -1.16. The lowest BCUT2D eigenvalue weighted by molar-refractivity contribution is -0.140. The number of nitrogens with two attached hydrogens (primary N) is 1. The van der Waals surface area contributed by atoms with Gasteiger partial charge in [-0.2, -0.15) is 0 Å². The van der Waals surface area contributed by atoms with Crippen molar-refractivity contribution in [2.45, 2.75) is 19.3 Å². The van der Waals surface area contributed by atoms with Crippen LogP contribution in [0.25, 0.3) is 0 Å². The molecule has 0 heterocycles. The average molecular weight is 188 g/mol. The van der Waals surface area contributed by atoms with Crippen molar-refractivity contribution in [2.75, 3.05) is 6.54 Å². The number of amides is 2. The highest BCUT2D eigenvalue weighted by Gasteiger charge is 2.05. The zero-order chi connectivity index (χ0) is 10.3. The van der Waals surface area contributed by atoms with E-state index >= 15 is 0 Å². The average Bonchev–Trinajstić information content (AvgIpc) is 1.96. The van der Waals surface area contributed by atoms with Crippen molar-refractivity contribution in [2.24, 2.45) is 5.73 Å². The van der Waals surface area contributed by atoms with Crippen molar-refractivity contribution >= 4 is 17.8 Å². The van der Waals surface area contributed by atoms with Gasteiger partial charge in [0.1, 0.15) is 6.42 Å². The number of nitrogens with one attached hydrogen (secondary N) is 1. The highest BCUT2D eigenvalue weighted by Crippen LogP contribution is 1.85. The van der Waals surface area contributed by atoms with Crippen LogP contribution in [0.5, 0.6) is 0 Å². The van der Waals surface area contributed by atoms with E-state index in [-0.39, 0.29) is 13.0 Å². The van der Waals surface area contributed by atoms with Crippen molar-refractivity contribution in [1.29, 1.82) is 0 Å². The van der Waals surface area contributed by atoms with Crippen LogP contribution in [-0.4, -0.2) is 29.4 Å². The summed E-state index contributed by atoms with van der Waals surface area (Å²) in [5.41, 5.74) is 4.84. The molecule has 2 amide bonds. The second-order valence-corrected chi connectivity index (χ2v) is 2.49. The van der Waals surface area contributed by atoms with Crippen LogP contribution in [0.3, 0.4) is 0 Å². The Morgan fingerprint density at radius 2 is 1.92 bits per heavy atom. The molecule has 0 saturated carbocycles. The normalized spacial score (nSPS) is 9.23. The summed E-state index contributed by atoms with van der Waals surface area (Å²) >= 11 is 0. The maximum atomic E-state index is 10.7. The maximum absolute atomic E-state index is 10.7. The zero-order valence-electron chi connectivity index (χ0n) is 7.08. The summed E-state index contributed by atoms with van der Waals surface area (Å²) < 4.78 is 0. The van der Waals surface area contributed by atoms with E-state index in [4.69, 9.17) is 10.8 Å². The van der Waals surface area contributed by atoms with Crippen molar-refractivity contribution in [3.63, 3.8) is 0 Å². The molecule has 13 heavy (non-hydrogen) atoms. The Kier molecular flexibility index (Phi) is 5.25. The number of carboxylic acids is 1. The summed E-state index contributed by atoms with van der Waals surface area (Å²) in [6, 6.07) is 0. The van der Waals surface area contributed by atoms with E-state index in [2.05, 4.69) is 5.32 Å². The quantitative estimate of drug-likeness (QED) is 0.361. The van der Waals surface area contributed by atoms with Gasteiger partial charge in [0.2, 0.25) is 11.8 Å². The summed E-state index contributed by atoms with van der Waals surface area (Å²) in [5, 5.41) is 10.5. The number of carboxylic acid groups (broad SMARTS) is 1. The molecule has 0 aliphatic carbocycles. The molecule has 0 saturated heterocycles. The van der Waals surface area contributed by atoms with Gasteiger partial charge >= 0.3 is 5.97 Å². The molecule has 0 aromatic rings. The van der Waals surface area contributed by atoms with Crippen LogP contribution in [0.1, 0.15) is 19.3 Å². The van der Waals surface area contributed by atoms with Crippen molar-refractivity contribution in [3.05, 3.63) is 0 Å². The Labute approximate surface area is 75.1 Å². The van der Waals surface area contributed by atoms with E-state index in [9.17, 15) is 14.4 Å². The minimum Gasteiger partial charge on any atom is -0.481 e. The van der Waals surface area contributed by atoms with Crippen LogP contribution >= 0.6 is 0 Å². The van der Waals surface area contributed by atoms with Gasteiger partial charge in [0.05, 0.1) is 0 Å². The monoisotopic (exact) mass is 188 g/mol. The molecule has 0 rings (SSSR count). The van der Waals surface area contributed by atoms with E-state index in [0.717, 1.165) is 0 Å². The molecular weight excluding hydrogens is 176 g/mol. The molecule has 0 spiro atoms. The lowest BCUT2D eigenvalue weighted by Gasteiger charge is -2.01. The first-order valence-electron chi connectivity index (χ1n) is 3.79. The van der Waals surface area contributed by atoms with E-state index in [0.29, 0.717) is 6.42 Å². The molecule has 6 nitrogen and oxygen atoms in total. The molecular formula is C7H12N2O4. The third-order valence-electron chi connectivity index (χ3n) is 1.23. The molecule has 6 heteroatoms. The third-order valence-corrected chi connectivity index (χ3v) is 1.23. The molecule has 0 fully saturated rings. The summed E-state index contributed by atoms with van der Waals surface area (Å²) in [5.74, 6) is -2.17. The molecule has 74 valence electrons. The van der Waals surface area contributed by atoms with Gasteiger partial charge in [-0.15, -0.1) is 0 Å². The second-order valence-electron chi connectivity index (χ2n) is 2.49. The van der Waals surface area contributed by atoms with Crippen molar-refractivity contribution in [1.82, 2.24) is 5.32 Å². The number of hydrogen-bond acceptors (Lipinski definition) is 3. The summed E-state index contributed by atoms with van der Waals surface area (Å²) in [7, 11) is 0. The van der Waals surface area contributed by atoms with Gasteiger partial charge in [0.25, 0.3) is 0 Å². The fourth-order valence-electron chi connectivity index (χ4n) is 0.690. The third kappa shape index (κ3) is 8.32. The number of carbonyl (C=O) groups excluding carboxylic acids is 2. The zero-order valence-corrected chi connectivity index (χ0v) is 7.08. The fourth-order valence-corrected chi connectivity index (χ4v) is 0.690. The molecule has 0 radical (unpaired) electrons. The van der Waals surface area contributed by atoms with Gasteiger partial charge < -0.3 is 16.2 Å². The Morgan fingerprint density at radius 1 is 1.31 bits per heavy atom. The minimum absolute atomic E-state index is 0.188. The molecule has 4 N–H and O–H groups in total. The van der Waals surface area contributed by atoms with Crippen LogP contribution in [0, 0.1) is 0 Å². The Bertz CT molecular complexity index is 215. The van der Waals surface area contributed by atoms with Gasteiger partial charge in [0, 0.05) is 13.0 Å². The Balaban J connectivity index is 3.37. The van der Waals surface area contributed by atoms with Gasteiger partial charge in [-0.3, -0.25) is 14.4 Å². The Hall–Kier alpha value is -1.59. The van der Waals surface area contributed by atoms with Crippen molar-refractivity contribution in [3.8, 4) is 0 Å². The lowest BCUT2D eigenvalue weighted by atomic mass is 10.3. The number of carbonyl (C=O) groups is 3. The molecule has 0 unspecified atom stereocenters. The van der Waals surface area contributed by atoms with Gasteiger partial charge in [-0.25, -0.2) is 0 Å². The number of primary amides is 1. The molecule has 0 bridgehead atoms. The van der Waals surface area contributed by atoms with Crippen LogP contribution < -0.4 is 11.1 Å². The number of hydrogen-bond donors (Lipinski definition) is 3. The van der Waals surface area contributed by atoms with Crippen molar-refractivity contribution < 1.29 is 19.5 Å². The van der Waals surface area contributed by atoms with Crippen LogP contribution in [0.15, 0.2) is 0 Å². The van der Waals surface area contributed by atoms with Gasteiger partial charge in [-0.05, 0) is 6.42 Å². The highest BCUT2D eigenvalue weighted by molar-refractivity contribution is 5.93. The molecule has 0 aliphatic rings. The van der Waals surface area contributed by atoms with Gasteiger partial charge in [0.15, 0.2) is 0 Å². The summed E-state index contributed by atoms with van der Waals surface area (Å²) in [6.45, 7) is 0.273. The van der Waals surface area contributed by atoms with E-state index in [1.165, 1.54) is 0 Å². The van der Waals surface area contributed by atoms with E-state index in [1.807, 2.05) is 0 Å². The smallest absolute Gasteiger partial charge is 0.312 e. The number of rotatable bonds is 6. The first-order chi connectivity index (χ1) is 6.02. The van der Waals surface area contributed by atoms with E-state index in [1.54, 1.807) is 0 Å². The maximum Gasteiger partial charge on any atom is 0.312 e. The fraction of sp³-hybridized carbons (Fsp3) is 0.571. The van der Waals surface area contributed by atoms with E-state index < -0.39 is 24.2 Å². The SMILES string of the molecule is NC(=O)CCCNC(=O)CC(=O)O. The van der Waals surface area contributed by atoms with Crippen LogP contribution in [-0.2, 0) is 14.4 Å². The van der Waals surface area contributed by atoms with Crippen LogP contribution in [0.4, 0.5) is 0 Å². The first-order valence-corrected chi connectivity index (χ1v) is 3.79. The first kappa shape index (κ1) is 11.4. The second kappa shape index (κ2) is 5.99. The molecule has 0 atom stereocenters. The number of aliphatic carboxylic acids is 1. The summed E-state index contributed by atoms with van der Waals surface area (Å²) in [6.07, 6.45) is 0.0740. The molecule has 0 aromatic carbocycles. The van der Waals surface area contributed by atoms with Crippen LogP contribution in [0.2, 0.25) is 0 Å². The lowest BCUT2D eigenvalue weighted by Crippen LogP contribution is -2.27. The minimum atomic E-state index is -1.17. The topological polar surface area (TPSA) is 109 Å². The molecule has 0 aliphatic heterocycles. The summed E-state index contributed by atoms with van der Waals surface area (Å²) in [4.78, 5) is 30.9. The van der Waals surface area contributed by atoms with Gasteiger partial charge in [-0.1, -0.05) is 0 Å². The standard InChI is InChI=1S/C7H12N2O4/c8-5(10)2-1-3-9-6(11)4-7(12)13/h1-4H2,(H2,8,10)(H,9,11)(H,12,13). The Morgan fingerprint density at radius 3 is 2.38 bits per heavy atom. The predicted molar refractivity (Wildman–Crippen MR) is 43.7 cm³/mol. The molecule has 0 aromatic heterocycles. The largest absolute Gasteiger partial charge is 0.481 e.